The Hall–Kier alpha value is -4.40. The van der Waals surface area contributed by atoms with Gasteiger partial charge < -0.3 is 19.5 Å². The van der Waals surface area contributed by atoms with Crippen LogP contribution >= 0.6 is 0 Å². The lowest BCUT2D eigenvalue weighted by atomic mass is 10.0. The Bertz CT molecular complexity index is 2120. The third-order valence-corrected chi connectivity index (χ3v) is 11.2. The maximum absolute atomic E-state index is 13.5. The van der Waals surface area contributed by atoms with Crippen molar-refractivity contribution in [2.24, 2.45) is 10.3 Å². The van der Waals surface area contributed by atoms with Gasteiger partial charge in [-0.15, -0.1) is 0 Å². The average molecular weight is 707 g/mol. The lowest BCUT2D eigenvalue weighted by Gasteiger charge is -2.43. The molecule has 2 aromatic carbocycles. The number of benzene rings is 2. The first kappa shape index (κ1) is 34.5. The number of nitrogens with zero attached hydrogens (tertiary/aromatic N) is 5. The van der Waals surface area contributed by atoms with Crippen LogP contribution < -0.4 is 15.2 Å². The van der Waals surface area contributed by atoms with Gasteiger partial charge in [-0.1, -0.05) is 18.2 Å². The summed E-state index contributed by atoms with van der Waals surface area (Å²) >= 11 is 0. The molecule has 0 bridgehead atoms. The summed E-state index contributed by atoms with van der Waals surface area (Å²) in [6, 6.07) is 15.2. The van der Waals surface area contributed by atoms with E-state index in [0.717, 1.165) is 54.7 Å². The lowest BCUT2D eigenvalue weighted by Crippen LogP contribution is -2.57. The topological polar surface area (TPSA) is 218 Å². The molecule has 4 aromatic rings. The molecule has 2 saturated heterocycles. The van der Waals surface area contributed by atoms with E-state index in [1.165, 1.54) is 12.1 Å². The van der Waals surface area contributed by atoms with Crippen molar-refractivity contribution in [2.45, 2.75) is 66.4 Å². The standard InChI is InChI=1S/C22H23N7O3S.C11H15NO3S/c23-8-1-2-15-12-16(3-4-18(15)33(24,31)32)21(30)29-11-10-28(13-22(29)6-7-22)20-17-5-9-25-19(17)26-14-27-20;12-16(13,14)11-6-2-1-4-9(11)8-10-5-3-7-15-10/h3-5,9,12,14H,1-2,6-7,10-11,13H2,(H2,24,31,32)(H,25,26,27);1-2,4,6,10H,3,5,7-8H2,(H2,12,13,14). The second-order valence-electron chi connectivity index (χ2n) is 12.6. The molecule has 1 aliphatic carbocycles. The maximum atomic E-state index is 13.5. The van der Waals surface area contributed by atoms with Gasteiger partial charge in [-0.3, -0.25) is 4.79 Å². The van der Waals surface area contributed by atoms with Gasteiger partial charge in [-0.05, 0) is 80.0 Å². The number of piperazine rings is 1. The molecule has 1 amide bonds. The van der Waals surface area contributed by atoms with E-state index in [4.69, 9.17) is 20.3 Å². The molecule has 2 aromatic heterocycles. The van der Waals surface area contributed by atoms with Gasteiger partial charge in [0.15, 0.2) is 0 Å². The highest BCUT2D eigenvalue weighted by Crippen LogP contribution is 2.46. The molecule has 1 saturated carbocycles. The molecule has 1 unspecified atom stereocenters. The monoisotopic (exact) mass is 706 g/mol. The van der Waals surface area contributed by atoms with Gasteiger partial charge in [0, 0.05) is 44.4 Å². The first-order chi connectivity index (χ1) is 23.4. The summed E-state index contributed by atoms with van der Waals surface area (Å²) in [5, 5.41) is 20.4. The summed E-state index contributed by atoms with van der Waals surface area (Å²) < 4.78 is 52.1. The van der Waals surface area contributed by atoms with Crippen LogP contribution in [-0.2, 0) is 37.6 Å². The SMILES string of the molecule is N#CCCc1cc(C(=O)N2CCN(c3ncnc4[nH]ccc34)CC23CC3)ccc1S(N)(=O)=O.NS(=O)(=O)c1ccccc1CC1CCCO1. The van der Waals surface area contributed by atoms with Crippen molar-refractivity contribution in [1.29, 1.82) is 5.26 Å². The molecule has 49 heavy (non-hydrogen) atoms. The van der Waals surface area contributed by atoms with Gasteiger partial charge in [-0.2, -0.15) is 5.26 Å². The first-order valence-corrected chi connectivity index (χ1v) is 19.1. The number of amides is 1. The number of carbonyl (C=O) groups excluding carboxylic acids is 1. The number of nitrogens with one attached hydrogen (secondary N) is 1. The Morgan fingerprint density at radius 2 is 1.78 bits per heavy atom. The summed E-state index contributed by atoms with van der Waals surface area (Å²) in [5.41, 5.74) is 2.06. The number of ether oxygens (including phenoxy) is 1. The summed E-state index contributed by atoms with van der Waals surface area (Å²) in [6.07, 6.45) is 8.29. The van der Waals surface area contributed by atoms with Crippen LogP contribution in [-0.4, -0.2) is 80.5 Å². The molecule has 1 spiro atoms. The van der Waals surface area contributed by atoms with Gasteiger partial charge in [0.05, 0.1) is 32.9 Å². The second kappa shape index (κ2) is 13.8. The predicted molar refractivity (Wildman–Crippen MR) is 181 cm³/mol. The van der Waals surface area contributed by atoms with Crippen molar-refractivity contribution < 1.29 is 26.4 Å². The lowest BCUT2D eigenvalue weighted by molar-refractivity contribution is 0.0624. The van der Waals surface area contributed by atoms with Gasteiger partial charge in [-0.25, -0.2) is 37.1 Å². The number of hydrogen-bond donors (Lipinski definition) is 3. The van der Waals surface area contributed by atoms with E-state index in [-0.39, 0.29) is 40.2 Å². The van der Waals surface area contributed by atoms with Crippen LogP contribution in [0.2, 0.25) is 0 Å². The Balaban J connectivity index is 0.000000218. The minimum absolute atomic E-state index is 0.0421. The molecular weight excluding hydrogens is 669 g/mol. The minimum Gasteiger partial charge on any atom is -0.378 e. The number of sulfonamides is 2. The van der Waals surface area contributed by atoms with Gasteiger partial charge in [0.25, 0.3) is 5.91 Å². The van der Waals surface area contributed by atoms with Gasteiger partial charge in [0.1, 0.15) is 17.8 Å². The average Bonchev–Trinajstić information content (AvgIpc) is 3.41. The van der Waals surface area contributed by atoms with E-state index in [2.05, 4.69) is 19.9 Å². The largest absolute Gasteiger partial charge is 0.378 e. The van der Waals surface area contributed by atoms with Crippen LogP contribution in [0.1, 0.15) is 53.6 Å². The van der Waals surface area contributed by atoms with Crippen molar-refractivity contribution in [3.8, 4) is 6.07 Å². The van der Waals surface area contributed by atoms with Gasteiger partial charge in [0.2, 0.25) is 20.0 Å². The molecule has 0 radical (unpaired) electrons. The zero-order valence-corrected chi connectivity index (χ0v) is 28.4. The number of nitriles is 1. The smallest absolute Gasteiger partial charge is 0.254 e. The van der Waals surface area contributed by atoms with Crippen LogP contribution in [0, 0.1) is 11.3 Å². The highest BCUT2D eigenvalue weighted by atomic mass is 32.2. The van der Waals surface area contributed by atoms with E-state index in [1.807, 2.05) is 29.3 Å². The summed E-state index contributed by atoms with van der Waals surface area (Å²) in [7, 11) is -7.58. The third kappa shape index (κ3) is 7.61. The van der Waals surface area contributed by atoms with Crippen LogP contribution in [0.5, 0.6) is 0 Å². The maximum Gasteiger partial charge on any atom is 0.254 e. The Morgan fingerprint density at radius 3 is 2.47 bits per heavy atom. The van der Waals surface area contributed by atoms with Crippen LogP contribution in [0.25, 0.3) is 11.0 Å². The molecule has 5 N–H and O–H groups in total. The van der Waals surface area contributed by atoms with Crippen LogP contribution in [0.4, 0.5) is 5.82 Å². The Labute approximate surface area is 285 Å². The zero-order chi connectivity index (χ0) is 34.8. The van der Waals surface area contributed by atoms with E-state index in [9.17, 15) is 21.6 Å². The second-order valence-corrected chi connectivity index (χ2v) is 15.6. The molecule has 3 aliphatic rings. The number of anilines is 1. The molecule has 7 rings (SSSR count). The molecule has 4 heterocycles. The quantitative estimate of drug-likeness (QED) is 0.243. The van der Waals surface area contributed by atoms with Gasteiger partial charge >= 0.3 is 0 Å². The van der Waals surface area contributed by atoms with Crippen LogP contribution in [0.15, 0.2) is 70.8 Å². The van der Waals surface area contributed by atoms with Crippen molar-refractivity contribution in [3.05, 3.63) is 77.7 Å². The molecule has 14 nitrogen and oxygen atoms in total. The Kier molecular flexibility index (Phi) is 9.74. The van der Waals surface area contributed by atoms with E-state index in [0.29, 0.717) is 37.2 Å². The van der Waals surface area contributed by atoms with Crippen molar-refractivity contribution >= 4 is 42.8 Å². The molecule has 2 aliphatic heterocycles. The molecule has 258 valence electrons. The fourth-order valence-corrected chi connectivity index (χ4v) is 8.26. The summed E-state index contributed by atoms with van der Waals surface area (Å²) in [4.78, 5) is 29.6. The highest BCUT2D eigenvalue weighted by Gasteiger charge is 2.53. The fourth-order valence-electron chi connectivity index (χ4n) is 6.69. The number of carbonyl (C=O) groups is 1. The molecule has 16 heteroatoms. The molecule has 3 fully saturated rings. The Morgan fingerprint density at radius 1 is 1.02 bits per heavy atom. The number of hydrogen-bond acceptors (Lipinski definition) is 10. The minimum atomic E-state index is -3.95. The number of fused-ring (bicyclic) bond motifs is 1. The van der Waals surface area contributed by atoms with Crippen molar-refractivity contribution in [1.82, 2.24) is 19.9 Å². The molecular formula is C33H38N8O6S2. The van der Waals surface area contributed by atoms with E-state index >= 15 is 0 Å². The third-order valence-electron chi connectivity index (χ3n) is 9.23. The number of nitrogens with two attached hydrogens (primary N) is 2. The highest BCUT2D eigenvalue weighted by molar-refractivity contribution is 7.89. The van der Waals surface area contributed by atoms with Crippen molar-refractivity contribution in [3.63, 3.8) is 0 Å². The molecule has 1 atom stereocenters. The number of primary sulfonamides is 2. The number of aromatic nitrogens is 3. The number of rotatable bonds is 8. The fraction of sp³-hybridized carbons (Fsp3) is 0.394. The zero-order valence-electron chi connectivity index (χ0n) is 26.8. The summed E-state index contributed by atoms with van der Waals surface area (Å²) in [6.45, 7) is 2.59. The number of H-pyrrole nitrogens is 1. The normalized spacial score (nSPS) is 18.6. The van der Waals surface area contributed by atoms with E-state index < -0.39 is 20.0 Å². The summed E-state index contributed by atoms with van der Waals surface area (Å²) in [5.74, 6) is 0.719. The predicted octanol–water partition coefficient (Wildman–Crippen LogP) is 2.61. The number of aromatic amines is 1. The first-order valence-electron chi connectivity index (χ1n) is 16.0. The van der Waals surface area contributed by atoms with Crippen LogP contribution in [0.3, 0.4) is 0 Å². The van der Waals surface area contributed by atoms with Crippen molar-refractivity contribution in [2.75, 3.05) is 31.1 Å². The van der Waals surface area contributed by atoms with E-state index in [1.54, 1.807) is 30.6 Å². The number of aryl methyl sites for hydroxylation is 1.